The number of aryl methyl sites for hydroxylation is 2. The molecule has 4 aromatic rings. The fourth-order valence-electron chi connectivity index (χ4n) is 2.88. The summed E-state index contributed by atoms with van der Waals surface area (Å²) in [6.07, 6.45) is 0. The number of aromatic nitrogens is 1. The molecule has 1 heterocycles. The number of benzene rings is 3. The normalized spacial score (nSPS) is 10.8. The van der Waals surface area contributed by atoms with E-state index in [2.05, 4.69) is 10.3 Å². The van der Waals surface area contributed by atoms with E-state index in [1.807, 2.05) is 68.4 Å². The second-order valence-electron chi connectivity index (χ2n) is 6.72. The highest BCUT2D eigenvalue weighted by atomic mass is 16.5. The number of fused-ring (bicyclic) bond motifs is 1. The Bertz CT molecular complexity index is 1130. The molecule has 0 saturated carbocycles. The van der Waals surface area contributed by atoms with Crippen LogP contribution in [0.3, 0.4) is 0 Å². The maximum Gasteiger partial charge on any atom is 0.262 e. The van der Waals surface area contributed by atoms with Gasteiger partial charge in [0.2, 0.25) is 5.89 Å². The number of nitrogens with zero attached hydrogens (tertiary/aromatic N) is 1. The predicted octanol–water partition coefficient (Wildman–Crippen LogP) is 5.13. The van der Waals surface area contributed by atoms with Gasteiger partial charge in [-0.25, -0.2) is 4.98 Å². The number of oxazole rings is 1. The summed E-state index contributed by atoms with van der Waals surface area (Å²) < 4.78 is 11.4. The van der Waals surface area contributed by atoms with Crippen LogP contribution in [0.2, 0.25) is 0 Å². The molecule has 0 aliphatic carbocycles. The van der Waals surface area contributed by atoms with E-state index in [1.165, 1.54) is 0 Å². The summed E-state index contributed by atoms with van der Waals surface area (Å²) in [6, 6.07) is 20.9. The van der Waals surface area contributed by atoms with Gasteiger partial charge in [0.25, 0.3) is 5.91 Å². The quantitative estimate of drug-likeness (QED) is 0.527. The van der Waals surface area contributed by atoms with Crippen LogP contribution in [0.4, 0.5) is 5.69 Å². The van der Waals surface area contributed by atoms with Crippen LogP contribution in [-0.4, -0.2) is 17.5 Å². The van der Waals surface area contributed by atoms with Crippen LogP contribution in [-0.2, 0) is 4.79 Å². The van der Waals surface area contributed by atoms with Crippen molar-refractivity contribution in [2.45, 2.75) is 13.8 Å². The minimum atomic E-state index is -0.238. The first-order chi connectivity index (χ1) is 13.6. The van der Waals surface area contributed by atoms with E-state index in [1.54, 1.807) is 12.1 Å². The first-order valence-electron chi connectivity index (χ1n) is 9.04. The Morgan fingerprint density at radius 2 is 1.82 bits per heavy atom. The second-order valence-corrected chi connectivity index (χ2v) is 6.72. The van der Waals surface area contributed by atoms with Gasteiger partial charge in [-0.2, -0.15) is 0 Å². The molecule has 0 atom stereocenters. The van der Waals surface area contributed by atoms with E-state index in [9.17, 15) is 4.79 Å². The van der Waals surface area contributed by atoms with Gasteiger partial charge in [-0.15, -0.1) is 0 Å². The van der Waals surface area contributed by atoms with E-state index in [4.69, 9.17) is 9.15 Å². The molecule has 0 spiro atoms. The highest BCUT2D eigenvalue weighted by molar-refractivity contribution is 5.93. The molecule has 0 saturated heterocycles. The third-order valence-electron chi connectivity index (χ3n) is 4.33. The van der Waals surface area contributed by atoms with Crippen molar-refractivity contribution in [3.8, 4) is 17.2 Å². The number of hydrogen-bond donors (Lipinski definition) is 1. The molecule has 1 aromatic heterocycles. The largest absolute Gasteiger partial charge is 0.484 e. The van der Waals surface area contributed by atoms with E-state index < -0.39 is 0 Å². The molecule has 5 nitrogen and oxygen atoms in total. The van der Waals surface area contributed by atoms with E-state index in [0.717, 1.165) is 22.2 Å². The van der Waals surface area contributed by atoms with Crippen molar-refractivity contribution in [2.75, 3.05) is 11.9 Å². The number of hydrogen-bond acceptors (Lipinski definition) is 4. The molecule has 0 fully saturated rings. The van der Waals surface area contributed by atoms with E-state index in [-0.39, 0.29) is 12.5 Å². The van der Waals surface area contributed by atoms with Crippen molar-refractivity contribution >= 4 is 22.7 Å². The number of nitrogens with one attached hydrogen (secondary N) is 1. The molecule has 0 radical (unpaired) electrons. The first kappa shape index (κ1) is 17.8. The highest BCUT2D eigenvalue weighted by Crippen LogP contribution is 2.26. The molecule has 0 aliphatic heterocycles. The maximum atomic E-state index is 12.2. The third kappa shape index (κ3) is 4.04. The Kier molecular flexibility index (Phi) is 4.81. The topological polar surface area (TPSA) is 64.4 Å². The molecular formula is C23H20N2O3. The molecular weight excluding hydrogens is 352 g/mol. The lowest BCUT2D eigenvalue weighted by atomic mass is 10.1. The summed E-state index contributed by atoms with van der Waals surface area (Å²) >= 11 is 0. The molecule has 0 bridgehead atoms. The molecule has 0 aliphatic rings. The maximum absolute atomic E-state index is 12.2. The summed E-state index contributed by atoms with van der Waals surface area (Å²) in [5, 5.41) is 2.82. The molecule has 5 heteroatoms. The van der Waals surface area contributed by atoms with Crippen LogP contribution in [0.1, 0.15) is 11.1 Å². The van der Waals surface area contributed by atoms with Crippen molar-refractivity contribution in [1.82, 2.24) is 4.98 Å². The predicted molar refractivity (Wildman–Crippen MR) is 109 cm³/mol. The zero-order chi connectivity index (χ0) is 19.5. The number of amides is 1. The fourth-order valence-corrected chi connectivity index (χ4v) is 2.88. The Morgan fingerprint density at radius 1 is 1.00 bits per heavy atom. The van der Waals surface area contributed by atoms with Crippen LogP contribution in [0.5, 0.6) is 5.75 Å². The molecule has 4 rings (SSSR count). The molecule has 28 heavy (non-hydrogen) atoms. The number of anilines is 1. The average Bonchev–Trinajstić information content (AvgIpc) is 3.11. The van der Waals surface area contributed by atoms with Gasteiger partial charge >= 0.3 is 0 Å². The fraction of sp³-hybridized carbons (Fsp3) is 0.130. The van der Waals surface area contributed by atoms with Crippen molar-refractivity contribution in [3.05, 3.63) is 77.9 Å². The number of ether oxygens (including phenoxy) is 1. The first-order valence-corrected chi connectivity index (χ1v) is 9.04. The summed E-state index contributed by atoms with van der Waals surface area (Å²) in [6.45, 7) is 3.96. The average molecular weight is 372 g/mol. The number of carbonyl (C=O) groups is 1. The monoisotopic (exact) mass is 372 g/mol. The smallest absolute Gasteiger partial charge is 0.262 e. The molecule has 140 valence electrons. The van der Waals surface area contributed by atoms with Gasteiger partial charge in [0, 0.05) is 17.3 Å². The Morgan fingerprint density at radius 3 is 2.61 bits per heavy atom. The Labute approximate surface area is 163 Å². The zero-order valence-corrected chi connectivity index (χ0v) is 15.7. The van der Waals surface area contributed by atoms with Gasteiger partial charge in [-0.1, -0.05) is 35.4 Å². The van der Waals surface area contributed by atoms with Crippen LogP contribution < -0.4 is 10.1 Å². The van der Waals surface area contributed by atoms with Gasteiger partial charge in [0.15, 0.2) is 12.2 Å². The van der Waals surface area contributed by atoms with Crippen LogP contribution in [0.25, 0.3) is 22.6 Å². The molecule has 3 aromatic carbocycles. The summed E-state index contributed by atoms with van der Waals surface area (Å²) in [4.78, 5) is 16.7. The van der Waals surface area contributed by atoms with Crippen molar-refractivity contribution in [1.29, 1.82) is 0 Å². The SMILES string of the molecule is Cc1ccc(OCC(=O)Nc2ccc3nc(-c4cccc(C)c4)oc3c2)cc1. The minimum absolute atomic E-state index is 0.0634. The van der Waals surface area contributed by atoms with Gasteiger partial charge in [-0.05, 0) is 50.2 Å². The zero-order valence-electron chi connectivity index (χ0n) is 15.7. The Balaban J connectivity index is 1.45. The van der Waals surface area contributed by atoms with Gasteiger partial charge in [0.1, 0.15) is 11.3 Å². The molecule has 1 amide bonds. The van der Waals surface area contributed by atoms with E-state index in [0.29, 0.717) is 22.9 Å². The Hall–Kier alpha value is -3.60. The highest BCUT2D eigenvalue weighted by Gasteiger charge is 2.10. The van der Waals surface area contributed by atoms with Crippen molar-refractivity contribution in [2.24, 2.45) is 0 Å². The second kappa shape index (κ2) is 7.56. The standard InChI is InChI=1S/C23H20N2O3/c1-15-6-9-19(10-7-15)27-14-22(26)24-18-8-11-20-21(13-18)28-23(25-20)17-5-3-4-16(2)12-17/h3-13H,14H2,1-2H3,(H,24,26). The summed E-state index contributed by atoms with van der Waals surface area (Å²) in [5.41, 5.74) is 5.20. The van der Waals surface area contributed by atoms with Gasteiger partial charge in [0.05, 0.1) is 0 Å². The van der Waals surface area contributed by atoms with E-state index >= 15 is 0 Å². The molecule has 0 unspecified atom stereocenters. The van der Waals surface area contributed by atoms with Gasteiger partial charge < -0.3 is 14.5 Å². The van der Waals surface area contributed by atoms with Crippen molar-refractivity contribution < 1.29 is 13.9 Å². The third-order valence-corrected chi connectivity index (χ3v) is 4.33. The van der Waals surface area contributed by atoms with Crippen LogP contribution >= 0.6 is 0 Å². The lowest BCUT2D eigenvalue weighted by Crippen LogP contribution is -2.20. The summed E-state index contributed by atoms with van der Waals surface area (Å²) in [5.74, 6) is 0.984. The van der Waals surface area contributed by atoms with Gasteiger partial charge in [-0.3, -0.25) is 4.79 Å². The molecule has 1 N–H and O–H groups in total. The van der Waals surface area contributed by atoms with Crippen LogP contribution in [0, 0.1) is 13.8 Å². The number of rotatable bonds is 5. The summed E-state index contributed by atoms with van der Waals surface area (Å²) in [7, 11) is 0. The minimum Gasteiger partial charge on any atom is -0.484 e. The lowest BCUT2D eigenvalue weighted by Gasteiger charge is -2.07. The lowest BCUT2D eigenvalue weighted by molar-refractivity contribution is -0.118. The van der Waals surface area contributed by atoms with Crippen LogP contribution in [0.15, 0.2) is 71.1 Å². The number of carbonyl (C=O) groups excluding carboxylic acids is 1. The van der Waals surface area contributed by atoms with Crippen molar-refractivity contribution in [3.63, 3.8) is 0 Å².